The third-order valence-electron chi connectivity index (χ3n) is 2.03. The SMILES string of the molecule is CC(=O)CCN(CC(C)C)CC(C)C. The molecule has 2 nitrogen and oxygen atoms in total. The molecule has 0 radical (unpaired) electrons. The molecule has 2 heteroatoms. The molecular formula is C12H25NO. The van der Waals surface area contributed by atoms with E-state index in [1.165, 1.54) is 0 Å². The van der Waals surface area contributed by atoms with E-state index in [1.54, 1.807) is 6.92 Å². The number of carbonyl (C=O) groups is 1. The van der Waals surface area contributed by atoms with Gasteiger partial charge in [-0.3, -0.25) is 4.79 Å². The lowest BCUT2D eigenvalue weighted by molar-refractivity contribution is -0.117. The summed E-state index contributed by atoms with van der Waals surface area (Å²) in [6.45, 7) is 13.7. The van der Waals surface area contributed by atoms with Gasteiger partial charge >= 0.3 is 0 Å². The van der Waals surface area contributed by atoms with Gasteiger partial charge in [0.05, 0.1) is 0 Å². The number of Topliss-reactive ketones (excluding diaryl/α,β-unsaturated/α-hetero) is 1. The second kappa shape index (κ2) is 6.99. The standard InChI is InChI=1S/C12H25NO/c1-10(2)8-13(9-11(3)4)7-6-12(5)14/h10-11H,6-9H2,1-5H3. The highest BCUT2D eigenvalue weighted by molar-refractivity contribution is 5.75. The number of ketones is 1. The van der Waals surface area contributed by atoms with E-state index in [0.717, 1.165) is 19.6 Å². The number of rotatable bonds is 7. The fraction of sp³-hybridized carbons (Fsp3) is 0.917. The zero-order chi connectivity index (χ0) is 11.1. The van der Waals surface area contributed by atoms with E-state index < -0.39 is 0 Å². The Balaban J connectivity index is 3.90. The number of hydrogen-bond donors (Lipinski definition) is 0. The van der Waals surface area contributed by atoms with Gasteiger partial charge in [-0.1, -0.05) is 27.7 Å². The van der Waals surface area contributed by atoms with E-state index in [4.69, 9.17) is 0 Å². The quantitative estimate of drug-likeness (QED) is 0.628. The maximum Gasteiger partial charge on any atom is 0.131 e. The maximum atomic E-state index is 10.9. The predicted octanol–water partition coefficient (Wildman–Crippen LogP) is 2.58. The minimum atomic E-state index is 0.294. The van der Waals surface area contributed by atoms with Crippen molar-refractivity contribution in [2.24, 2.45) is 11.8 Å². The Hall–Kier alpha value is -0.370. The van der Waals surface area contributed by atoms with Crippen LogP contribution in [0.2, 0.25) is 0 Å². The first-order chi connectivity index (χ1) is 6.41. The van der Waals surface area contributed by atoms with Gasteiger partial charge in [-0.2, -0.15) is 0 Å². The van der Waals surface area contributed by atoms with Crippen molar-refractivity contribution in [3.05, 3.63) is 0 Å². The molecule has 0 amide bonds. The van der Waals surface area contributed by atoms with Gasteiger partial charge in [0, 0.05) is 26.1 Å². The number of nitrogens with zero attached hydrogens (tertiary/aromatic N) is 1. The Morgan fingerprint density at radius 2 is 1.50 bits per heavy atom. The second-order valence-corrected chi connectivity index (χ2v) is 5.00. The zero-order valence-corrected chi connectivity index (χ0v) is 10.3. The molecule has 84 valence electrons. The summed E-state index contributed by atoms with van der Waals surface area (Å²) in [6.07, 6.45) is 0.694. The topological polar surface area (TPSA) is 20.3 Å². The molecule has 0 spiro atoms. The summed E-state index contributed by atoms with van der Waals surface area (Å²) in [7, 11) is 0. The molecule has 0 aromatic heterocycles. The lowest BCUT2D eigenvalue weighted by atomic mass is 10.1. The molecule has 0 aromatic rings. The van der Waals surface area contributed by atoms with Crippen LogP contribution >= 0.6 is 0 Å². The molecule has 14 heavy (non-hydrogen) atoms. The van der Waals surface area contributed by atoms with E-state index in [2.05, 4.69) is 32.6 Å². The van der Waals surface area contributed by atoms with Crippen molar-refractivity contribution in [3.8, 4) is 0 Å². The fourth-order valence-electron chi connectivity index (χ4n) is 1.61. The van der Waals surface area contributed by atoms with Gasteiger partial charge in [0.25, 0.3) is 0 Å². The summed E-state index contributed by atoms with van der Waals surface area (Å²) in [4.78, 5) is 13.3. The van der Waals surface area contributed by atoms with Crippen molar-refractivity contribution in [1.29, 1.82) is 0 Å². The summed E-state index contributed by atoms with van der Waals surface area (Å²) < 4.78 is 0. The lowest BCUT2D eigenvalue weighted by Crippen LogP contribution is -2.33. The molecule has 0 aliphatic rings. The molecule has 0 aliphatic heterocycles. The third-order valence-corrected chi connectivity index (χ3v) is 2.03. The van der Waals surface area contributed by atoms with Crippen molar-refractivity contribution < 1.29 is 4.79 Å². The van der Waals surface area contributed by atoms with Crippen molar-refractivity contribution in [2.75, 3.05) is 19.6 Å². The molecule has 0 aromatic carbocycles. The fourth-order valence-corrected chi connectivity index (χ4v) is 1.61. The average Bonchev–Trinajstić information content (AvgIpc) is 1.97. The number of carbonyl (C=O) groups excluding carboxylic acids is 1. The first-order valence-corrected chi connectivity index (χ1v) is 5.63. The smallest absolute Gasteiger partial charge is 0.131 e. The van der Waals surface area contributed by atoms with Gasteiger partial charge in [-0.15, -0.1) is 0 Å². The molecule has 0 aliphatic carbocycles. The van der Waals surface area contributed by atoms with Gasteiger partial charge < -0.3 is 4.90 Å². The highest BCUT2D eigenvalue weighted by Crippen LogP contribution is 2.04. The van der Waals surface area contributed by atoms with Crippen molar-refractivity contribution in [3.63, 3.8) is 0 Å². The minimum Gasteiger partial charge on any atom is -0.302 e. The molecule has 0 saturated carbocycles. The van der Waals surface area contributed by atoms with Crippen LogP contribution < -0.4 is 0 Å². The van der Waals surface area contributed by atoms with Gasteiger partial charge in [0.15, 0.2) is 0 Å². The minimum absolute atomic E-state index is 0.294. The van der Waals surface area contributed by atoms with Gasteiger partial charge in [-0.05, 0) is 18.8 Å². The van der Waals surface area contributed by atoms with Crippen LogP contribution in [0, 0.1) is 11.8 Å². The molecular weight excluding hydrogens is 174 g/mol. The van der Waals surface area contributed by atoms with Gasteiger partial charge in [-0.25, -0.2) is 0 Å². The molecule has 0 heterocycles. The van der Waals surface area contributed by atoms with E-state index in [0.29, 0.717) is 24.0 Å². The first kappa shape index (κ1) is 13.6. The van der Waals surface area contributed by atoms with Crippen LogP contribution in [-0.2, 0) is 4.79 Å². The van der Waals surface area contributed by atoms with E-state index >= 15 is 0 Å². The van der Waals surface area contributed by atoms with Crippen LogP contribution in [0.15, 0.2) is 0 Å². The highest BCUT2D eigenvalue weighted by atomic mass is 16.1. The molecule has 0 rings (SSSR count). The molecule has 0 bridgehead atoms. The second-order valence-electron chi connectivity index (χ2n) is 5.00. The van der Waals surface area contributed by atoms with Crippen LogP contribution in [0.25, 0.3) is 0 Å². The summed E-state index contributed by atoms with van der Waals surface area (Å²) in [5.74, 6) is 1.66. The molecule has 0 saturated heterocycles. The highest BCUT2D eigenvalue weighted by Gasteiger charge is 2.09. The van der Waals surface area contributed by atoms with E-state index in [1.807, 2.05) is 0 Å². The molecule has 0 unspecified atom stereocenters. The van der Waals surface area contributed by atoms with Crippen molar-refractivity contribution >= 4 is 5.78 Å². The molecule has 0 atom stereocenters. The van der Waals surface area contributed by atoms with Gasteiger partial charge in [0.2, 0.25) is 0 Å². The van der Waals surface area contributed by atoms with Crippen LogP contribution in [0.1, 0.15) is 41.0 Å². The predicted molar refractivity (Wildman–Crippen MR) is 61.4 cm³/mol. The summed E-state index contributed by atoms with van der Waals surface area (Å²) in [5, 5.41) is 0. The zero-order valence-electron chi connectivity index (χ0n) is 10.3. The molecule has 0 N–H and O–H groups in total. The summed E-state index contributed by atoms with van der Waals surface area (Å²) in [6, 6.07) is 0. The Labute approximate surface area is 88.7 Å². The van der Waals surface area contributed by atoms with Crippen LogP contribution in [0.3, 0.4) is 0 Å². The first-order valence-electron chi connectivity index (χ1n) is 5.63. The Kier molecular flexibility index (Phi) is 6.81. The molecule has 0 fully saturated rings. The normalized spacial score (nSPS) is 11.7. The monoisotopic (exact) mass is 199 g/mol. The summed E-state index contributed by atoms with van der Waals surface area (Å²) >= 11 is 0. The largest absolute Gasteiger partial charge is 0.302 e. The van der Waals surface area contributed by atoms with Gasteiger partial charge in [0.1, 0.15) is 5.78 Å². The Morgan fingerprint density at radius 3 is 1.79 bits per heavy atom. The third kappa shape index (κ3) is 8.24. The Morgan fingerprint density at radius 1 is 1.07 bits per heavy atom. The van der Waals surface area contributed by atoms with Crippen molar-refractivity contribution in [1.82, 2.24) is 4.90 Å². The summed E-state index contributed by atoms with van der Waals surface area (Å²) in [5.41, 5.74) is 0. The van der Waals surface area contributed by atoms with E-state index in [9.17, 15) is 4.79 Å². The van der Waals surface area contributed by atoms with Crippen LogP contribution in [0.5, 0.6) is 0 Å². The average molecular weight is 199 g/mol. The maximum absolute atomic E-state index is 10.9. The van der Waals surface area contributed by atoms with E-state index in [-0.39, 0.29) is 0 Å². The Bertz CT molecular complexity index is 154. The van der Waals surface area contributed by atoms with Crippen LogP contribution in [0.4, 0.5) is 0 Å². The van der Waals surface area contributed by atoms with Crippen molar-refractivity contribution in [2.45, 2.75) is 41.0 Å². The number of hydrogen-bond acceptors (Lipinski definition) is 2. The lowest BCUT2D eigenvalue weighted by Gasteiger charge is -2.25. The van der Waals surface area contributed by atoms with Crippen LogP contribution in [-0.4, -0.2) is 30.3 Å².